The van der Waals surface area contributed by atoms with Crippen molar-refractivity contribution in [1.82, 2.24) is 15.3 Å². The summed E-state index contributed by atoms with van der Waals surface area (Å²) in [5.74, 6) is 0.992. The maximum absolute atomic E-state index is 4.52. The van der Waals surface area contributed by atoms with E-state index in [2.05, 4.69) is 41.3 Å². The molecule has 0 bridgehead atoms. The summed E-state index contributed by atoms with van der Waals surface area (Å²) in [7, 11) is 0. The van der Waals surface area contributed by atoms with Crippen LogP contribution in [-0.2, 0) is 6.54 Å². The van der Waals surface area contributed by atoms with Crippen LogP contribution in [0.1, 0.15) is 26.7 Å². The van der Waals surface area contributed by atoms with Gasteiger partial charge in [-0.15, -0.1) is 11.3 Å². The van der Waals surface area contributed by atoms with E-state index in [1.54, 1.807) is 11.8 Å². The van der Waals surface area contributed by atoms with Gasteiger partial charge in [-0.1, -0.05) is 11.8 Å². The molecule has 0 fully saturated rings. The molecule has 20 heavy (non-hydrogen) atoms. The number of aromatic nitrogens is 2. The molecule has 3 nitrogen and oxygen atoms in total. The molecule has 2 aromatic rings. The Bertz CT molecular complexity index is 555. The number of nitrogens with zero attached hydrogens (tertiary/aromatic N) is 2. The van der Waals surface area contributed by atoms with Crippen molar-refractivity contribution in [3.8, 4) is 0 Å². The Morgan fingerprint density at radius 3 is 2.40 bits per heavy atom. The zero-order valence-electron chi connectivity index (χ0n) is 12.5. The highest BCUT2D eigenvalue weighted by Gasteiger charge is 2.04. The van der Waals surface area contributed by atoms with E-state index in [0.717, 1.165) is 35.4 Å². The molecule has 0 saturated carbocycles. The molecule has 108 valence electrons. The van der Waals surface area contributed by atoms with Gasteiger partial charge in [0.2, 0.25) is 0 Å². The normalized spacial score (nSPS) is 11.0. The van der Waals surface area contributed by atoms with E-state index in [9.17, 15) is 0 Å². The Labute approximate surface area is 129 Å². The van der Waals surface area contributed by atoms with Gasteiger partial charge >= 0.3 is 0 Å². The summed E-state index contributed by atoms with van der Waals surface area (Å²) >= 11 is 3.57. The van der Waals surface area contributed by atoms with Crippen molar-refractivity contribution in [3.63, 3.8) is 0 Å². The van der Waals surface area contributed by atoms with Gasteiger partial charge < -0.3 is 5.32 Å². The average molecular weight is 307 g/mol. The Hall–Kier alpha value is -0.910. The summed E-state index contributed by atoms with van der Waals surface area (Å²) in [5.41, 5.74) is 3.37. The van der Waals surface area contributed by atoms with E-state index < -0.39 is 0 Å². The molecule has 0 spiro atoms. The first kappa shape index (κ1) is 15.5. The predicted octanol–water partition coefficient (Wildman–Crippen LogP) is 3.65. The molecule has 0 saturated heterocycles. The molecule has 2 aromatic heterocycles. The summed E-state index contributed by atoms with van der Waals surface area (Å²) in [5, 5.41) is 4.35. The minimum Gasteiger partial charge on any atom is -0.311 e. The molecule has 0 aliphatic rings. The van der Waals surface area contributed by atoms with Crippen molar-refractivity contribution >= 4 is 23.1 Å². The lowest BCUT2D eigenvalue weighted by Gasteiger charge is -2.07. The Morgan fingerprint density at radius 1 is 1.10 bits per heavy atom. The number of hydrogen-bond donors (Lipinski definition) is 1. The molecular formula is C15H21N3S2. The number of thiophene rings is 1. The van der Waals surface area contributed by atoms with Crippen LogP contribution in [0.4, 0.5) is 0 Å². The highest BCUT2D eigenvalue weighted by molar-refractivity contribution is 7.99. The zero-order valence-corrected chi connectivity index (χ0v) is 14.1. The second kappa shape index (κ2) is 7.20. The lowest BCUT2D eigenvalue weighted by Crippen LogP contribution is -2.16. The van der Waals surface area contributed by atoms with Crippen LogP contribution in [0.15, 0.2) is 17.3 Å². The fourth-order valence-corrected chi connectivity index (χ4v) is 3.50. The van der Waals surface area contributed by atoms with Crippen molar-refractivity contribution in [2.45, 2.75) is 39.4 Å². The number of rotatable bonds is 6. The Balaban J connectivity index is 1.73. The van der Waals surface area contributed by atoms with Crippen LogP contribution < -0.4 is 5.32 Å². The van der Waals surface area contributed by atoms with Crippen LogP contribution in [0.5, 0.6) is 0 Å². The smallest absolute Gasteiger partial charge is 0.188 e. The number of aryl methyl sites for hydroxylation is 3. The van der Waals surface area contributed by atoms with Crippen molar-refractivity contribution in [2.24, 2.45) is 0 Å². The third-order valence-electron chi connectivity index (χ3n) is 3.22. The van der Waals surface area contributed by atoms with E-state index in [4.69, 9.17) is 0 Å². The maximum Gasteiger partial charge on any atom is 0.188 e. The SMILES string of the molecule is Cc1ccc(CNCCSc2nc(C)c(C)c(C)n2)s1. The molecule has 0 amide bonds. The lowest BCUT2D eigenvalue weighted by molar-refractivity contribution is 0.739. The van der Waals surface area contributed by atoms with Gasteiger partial charge in [0, 0.05) is 40.0 Å². The van der Waals surface area contributed by atoms with Gasteiger partial charge in [-0.2, -0.15) is 0 Å². The first-order chi connectivity index (χ1) is 9.56. The van der Waals surface area contributed by atoms with Gasteiger partial charge in [-0.25, -0.2) is 9.97 Å². The number of thioether (sulfide) groups is 1. The van der Waals surface area contributed by atoms with E-state index in [0.29, 0.717) is 0 Å². The molecule has 5 heteroatoms. The second-order valence-corrected chi connectivity index (χ2v) is 7.27. The number of hydrogen-bond acceptors (Lipinski definition) is 5. The van der Waals surface area contributed by atoms with Crippen molar-refractivity contribution in [1.29, 1.82) is 0 Å². The highest BCUT2D eigenvalue weighted by Crippen LogP contribution is 2.17. The molecule has 1 N–H and O–H groups in total. The van der Waals surface area contributed by atoms with Gasteiger partial charge in [0.05, 0.1) is 0 Å². The predicted molar refractivity (Wildman–Crippen MR) is 87.7 cm³/mol. The first-order valence-corrected chi connectivity index (χ1v) is 8.57. The fraction of sp³-hybridized carbons (Fsp3) is 0.467. The minimum atomic E-state index is 0.888. The molecule has 0 radical (unpaired) electrons. The summed E-state index contributed by atoms with van der Waals surface area (Å²) in [6.07, 6.45) is 0. The molecule has 0 aliphatic heterocycles. The third kappa shape index (κ3) is 4.30. The van der Waals surface area contributed by atoms with Gasteiger partial charge in [0.25, 0.3) is 0 Å². The van der Waals surface area contributed by atoms with Crippen molar-refractivity contribution in [2.75, 3.05) is 12.3 Å². The largest absolute Gasteiger partial charge is 0.311 e. The molecule has 2 heterocycles. The molecular weight excluding hydrogens is 286 g/mol. The van der Waals surface area contributed by atoms with Gasteiger partial charge in [0.15, 0.2) is 5.16 Å². The fourth-order valence-electron chi connectivity index (χ4n) is 1.81. The van der Waals surface area contributed by atoms with Gasteiger partial charge in [0.1, 0.15) is 0 Å². The molecule has 0 aromatic carbocycles. The standard InChI is InChI=1S/C15H21N3S2/c1-10-5-6-14(20-10)9-16-7-8-19-15-17-12(3)11(2)13(4)18-15/h5-6,16H,7-9H2,1-4H3. The summed E-state index contributed by atoms with van der Waals surface area (Å²) in [6, 6.07) is 4.36. The van der Waals surface area contributed by atoms with Crippen LogP contribution >= 0.6 is 23.1 Å². The van der Waals surface area contributed by atoms with E-state index >= 15 is 0 Å². The minimum absolute atomic E-state index is 0.888. The van der Waals surface area contributed by atoms with E-state index in [-0.39, 0.29) is 0 Å². The average Bonchev–Trinajstić information content (AvgIpc) is 2.81. The Morgan fingerprint density at radius 2 is 1.80 bits per heavy atom. The molecule has 2 rings (SSSR count). The molecule has 0 atom stereocenters. The van der Waals surface area contributed by atoms with E-state index in [1.807, 2.05) is 25.2 Å². The monoisotopic (exact) mass is 307 g/mol. The Kier molecular flexibility index (Phi) is 5.57. The van der Waals surface area contributed by atoms with Crippen LogP contribution in [0.3, 0.4) is 0 Å². The van der Waals surface area contributed by atoms with Gasteiger partial charge in [-0.3, -0.25) is 0 Å². The topological polar surface area (TPSA) is 37.8 Å². The molecule has 0 unspecified atom stereocenters. The van der Waals surface area contributed by atoms with Crippen LogP contribution in [-0.4, -0.2) is 22.3 Å². The zero-order chi connectivity index (χ0) is 14.5. The highest BCUT2D eigenvalue weighted by atomic mass is 32.2. The lowest BCUT2D eigenvalue weighted by atomic mass is 10.2. The summed E-state index contributed by atoms with van der Waals surface area (Å²) in [4.78, 5) is 11.8. The number of nitrogens with one attached hydrogen (secondary N) is 1. The van der Waals surface area contributed by atoms with Crippen LogP contribution in [0, 0.1) is 27.7 Å². The summed E-state index contributed by atoms with van der Waals surface area (Å²) in [6.45, 7) is 10.2. The third-order valence-corrected chi connectivity index (χ3v) is 5.07. The summed E-state index contributed by atoms with van der Waals surface area (Å²) < 4.78 is 0. The quantitative estimate of drug-likeness (QED) is 0.502. The van der Waals surface area contributed by atoms with Crippen molar-refractivity contribution in [3.05, 3.63) is 38.8 Å². The van der Waals surface area contributed by atoms with E-state index in [1.165, 1.54) is 15.3 Å². The van der Waals surface area contributed by atoms with Crippen LogP contribution in [0.25, 0.3) is 0 Å². The maximum atomic E-state index is 4.52. The van der Waals surface area contributed by atoms with Crippen molar-refractivity contribution < 1.29 is 0 Å². The first-order valence-electron chi connectivity index (χ1n) is 6.77. The second-order valence-electron chi connectivity index (χ2n) is 4.84. The van der Waals surface area contributed by atoms with Crippen LogP contribution in [0.2, 0.25) is 0 Å². The molecule has 0 aliphatic carbocycles. The van der Waals surface area contributed by atoms with Gasteiger partial charge in [-0.05, 0) is 45.4 Å².